The molecule has 0 radical (unpaired) electrons. The summed E-state index contributed by atoms with van der Waals surface area (Å²) in [6.45, 7) is 1.98. The molecule has 1 aromatic carbocycles. The maximum atomic E-state index is 9.74. The standard InChI is InChI=1S/C16H16BrN3/c1-11-15(17)14(20(2)19-11)9-16(10-18)7-12-5-3-4-6-13(12)8-16/h3-6H,7-9H2,1-2H3. The minimum absolute atomic E-state index is 0.341. The van der Waals surface area contributed by atoms with E-state index in [-0.39, 0.29) is 5.41 Å². The smallest absolute Gasteiger partial charge is 0.0738 e. The molecule has 0 unspecified atom stereocenters. The second-order valence-electron chi connectivity index (χ2n) is 5.66. The first-order valence-electron chi connectivity index (χ1n) is 6.71. The first kappa shape index (κ1) is 13.4. The molecule has 0 spiro atoms. The van der Waals surface area contributed by atoms with Gasteiger partial charge in [-0.3, -0.25) is 4.68 Å². The molecule has 1 aliphatic carbocycles. The normalized spacial score (nSPS) is 15.9. The third-order valence-corrected chi connectivity index (χ3v) is 5.21. The number of aryl methyl sites for hydroxylation is 2. The third-order valence-electron chi connectivity index (χ3n) is 4.18. The zero-order valence-corrected chi connectivity index (χ0v) is 13.2. The quantitative estimate of drug-likeness (QED) is 0.847. The van der Waals surface area contributed by atoms with Crippen molar-refractivity contribution in [3.63, 3.8) is 0 Å². The van der Waals surface area contributed by atoms with Gasteiger partial charge in [0, 0.05) is 13.5 Å². The van der Waals surface area contributed by atoms with Gasteiger partial charge in [-0.1, -0.05) is 24.3 Å². The molecule has 0 fully saturated rings. The zero-order chi connectivity index (χ0) is 14.3. The Labute approximate surface area is 127 Å². The number of nitrogens with zero attached hydrogens (tertiary/aromatic N) is 3. The topological polar surface area (TPSA) is 41.6 Å². The van der Waals surface area contributed by atoms with E-state index in [4.69, 9.17) is 0 Å². The molecule has 20 heavy (non-hydrogen) atoms. The Balaban J connectivity index is 1.96. The van der Waals surface area contributed by atoms with Crippen LogP contribution in [0, 0.1) is 23.7 Å². The Morgan fingerprint density at radius 1 is 1.35 bits per heavy atom. The molecule has 0 bridgehead atoms. The zero-order valence-electron chi connectivity index (χ0n) is 11.7. The van der Waals surface area contributed by atoms with E-state index in [9.17, 15) is 5.26 Å². The first-order chi connectivity index (χ1) is 9.54. The number of benzene rings is 1. The predicted molar refractivity (Wildman–Crippen MR) is 81.2 cm³/mol. The van der Waals surface area contributed by atoms with Crippen molar-refractivity contribution in [2.45, 2.75) is 26.2 Å². The van der Waals surface area contributed by atoms with Crippen molar-refractivity contribution >= 4 is 15.9 Å². The Kier molecular flexibility index (Phi) is 3.18. The van der Waals surface area contributed by atoms with E-state index >= 15 is 0 Å². The van der Waals surface area contributed by atoms with E-state index in [1.165, 1.54) is 11.1 Å². The summed E-state index contributed by atoms with van der Waals surface area (Å²) in [5, 5.41) is 14.2. The summed E-state index contributed by atoms with van der Waals surface area (Å²) >= 11 is 3.60. The largest absolute Gasteiger partial charge is 0.271 e. The molecule has 2 aromatic rings. The van der Waals surface area contributed by atoms with Gasteiger partial charge in [-0.25, -0.2) is 0 Å². The van der Waals surface area contributed by atoms with Crippen LogP contribution in [-0.2, 0) is 26.3 Å². The minimum Gasteiger partial charge on any atom is -0.271 e. The van der Waals surface area contributed by atoms with E-state index in [1.54, 1.807) is 0 Å². The highest BCUT2D eigenvalue weighted by molar-refractivity contribution is 9.10. The van der Waals surface area contributed by atoms with Gasteiger partial charge >= 0.3 is 0 Å². The van der Waals surface area contributed by atoms with Crippen LogP contribution in [-0.4, -0.2) is 9.78 Å². The van der Waals surface area contributed by atoms with Gasteiger partial charge in [0.2, 0.25) is 0 Å². The van der Waals surface area contributed by atoms with Crippen LogP contribution in [0.1, 0.15) is 22.5 Å². The van der Waals surface area contributed by atoms with Crippen molar-refractivity contribution in [2.24, 2.45) is 12.5 Å². The number of hydrogen-bond donors (Lipinski definition) is 0. The van der Waals surface area contributed by atoms with Crippen LogP contribution in [0.25, 0.3) is 0 Å². The molecule has 4 heteroatoms. The molecule has 0 saturated carbocycles. The summed E-state index contributed by atoms with van der Waals surface area (Å²) in [7, 11) is 1.94. The van der Waals surface area contributed by atoms with Gasteiger partial charge in [0.25, 0.3) is 0 Å². The van der Waals surface area contributed by atoms with Gasteiger partial charge < -0.3 is 0 Å². The summed E-state index contributed by atoms with van der Waals surface area (Å²) < 4.78 is 2.92. The summed E-state index contributed by atoms with van der Waals surface area (Å²) in [5.41, 5.74) is 4.36. The Hall–Kier alpha value is -1.60. The first-order valence-corrected chi connectivity index (χ1v) is 7.50. The van der Waals surface area contributed by atoms with Gasteiger partial charge in [0.15, 0.2) is 0 Å². The molecular weight excluding hydrogens is 314 g/mol. The molecule has 1 heterocycles. The fourth-order valence-corrected chi connectivity index (χ4v) is 3.61. The third kappa shape index (κ3) is 2.06. The Morgan fingerprint density at radius 2 is 1.95 bits per heavy atom. The monoisotopic (exact) mass is 329 g/mol. The van der Waals surface area contributed by atoms with E-state index in [0.717, 1.165) is 35.1 Å². The number of rotatable bonds is 2. The van der Waals surface area contributed by atoms with E-state index in [1.807, 2.05) is 18.7 Å². The van der Waals surface area contributed by atoms with Crippen LogP contribution in [0.15, 0.2) is 28.7 Å². The summed E-state index contributed by atoms with van der Waals surface area (Å²) in [5.74, 6) is 0. The molecule has 0 N–H and O–H groups in total. The Morgan fingerprint density at radius 3 is 2.40 bits per heavy atom. The molecular formula is C16H16BrN3. The number of nitriles is 1. The lowest BCUT2D eigenvalue weighted by Gasteiger charge is -2.20. The van der Waals surface area contributed by atoms with Crippen molar-refractivity contribution in [3.8, 4) is 6.07 Å². The average molecular weight is 330 g/mol. The van der Waals surface area contributed by atoms with Gasteiger partial charge in [0.1, 0.15) is 0 Å². The second-order valence-corrected chi connectivity index (χ2v) is 6.45. The molecule has 1 aliphatic rings. The maximum Gasteiger partial charge on any atom is 0.0738 e. The Bertz CT molecular complexity index is 684. The SMILES string of the molecule is Cc1nn(C)c(CC2(C#N)Cc3ccccc3C2)c1Br. The lowest BCUT2D eigenvalue weighted by Crippen LogP contribution is -2.24. The second kappa shape index (κ2) is 4.75. The van der Waals surface area contributed by atoms with Gasteiger partial charge in [-0.15, -0.1) is 0 Å². The summed E-state index contributed by atoms with van der Waals surface area (Å²) in [6, 6.07) is 11.0. The van der Waals surface area contributed by atoms with Gasteiger partial charge in [-0.2, -0.15) is 10.4 Å². The predicted octanol–water partition coefficient (Wildman–Crippen LogP) is 3.34. The summed E-state index contributed by atoms with van der Waals surface area (Å²) in [6.07, 6.45) is 2.39. The average Bonchev–Trinajstić information content (AvgIpc) is 2.92. The van der Waals surface area contributed by atoms with Crippen LogP contribution < -0.4 is 0 Å². The van der Waals surface area contributed by atoms with E-state index < -0.39 is 0 Å². The van der Waals surface area contributed by atoms with E-state index in [2.05, 4.69) is 51.4 Å². The molecule has 3 nitrogen and oxygen atoms in total. The van der Waals surface area contributed by atoms with Gasteiger partial charge in [-0.05, 0) is 46.8 Å². The van der Waals surface area contributed by atoms with Crippen LogP contribution in [0.3, 0.4) is 0 Å². The number of hydrogen-bond acceptors (Lipinski definition) is 2. The molecule has 0 atom stereocenters. The van der Waals surface area contributed by atoms with Crippen LogP contribution in [0.2, 0.25) is 0 Å². The van der Waals surface area contributed by atoms with Crippen molar-refractivity contribution in [3.05, 3.63) is 51.3 Å². The fourth-order valence-electron chi connectivity index (χ4n) is 3.13. The number of aromatic nitrogens is 2. The van der Waals surface area contributed by atoms with Gasteiger partial charge in [0.05, 0.1) is 27.3 Å². The van der Waals surface area contributed by atoms with Crippen molar-refractivity contribution in [1.82, 2.24) is 9.78 Å². The van der Waals surface area contributed by atoms with Crippen molar-refractivity contribution < 1.29 is 0 Å². The van der Waals surface area contributed by atoms with Crippen molar-refractivity contribution in [1.29, 1.82) is 5.26 Å². The maximum absolute atomic E-state index is 9.74. The minimum atomic E-state index is -0.341. The highest BCUT2D eigenvalue weighted by atomic mass is 79.9. The molecule has 3 rings (SSSR count). The highest BCUT2D eigenvalue weighted by Crippen LogP contribution is 2.40. The molecule has 0 saturated heterocycles. The lowest BCUT2D eigenvalue weighted by molar-refractivity contribution is 0.404. The van der Waals surface area contributed by atoms with Crippen molar-refractivity contribution in [2.75, 3.05) is 0 Å². The number of halogens is 1. The summed E-state index contributed by atoms with van der Waals surface area (Å²) in [4.78, 5) is 0. The lowest BCUT2D eigenvalue weighted by atomic mass is 9.82. The molecule has 102 valence electrons. The highest BCUT2D eigenvalue weighted by Gasteiger charge is 2.39. The molecule has 0 aliphatic heterocycles. The van der Waals surface area contributed by atoms with E-state index in [0.29, 0.717) is 0 Å². The number of fused-ring (bicyclic) bond motifs is 1. The van der Waals surface area contributed by atoms with Crippen LogP contribution in [0.4, 0.5) is 0 Å². The van der Waals surface area contributed by atoms with Crippen LogP contribution in [0.5, 0.6) is 0 Å². The molecule has 0 amide bonds. The fraction of sp³-hybridized carbons (Fsp3) is 0.375. The van der Waals surface area contributed by atoms with Crippen LogP contribution >= 0.6 is 15.9 Å². The molecule has 1 aromatic heterocycles.